The van der Waals surface area contributed by atoms with Crippen molar-refractivity contribution in [1.29, 1.82) is 0 Å². The van der Waals surface area contributed by atoms with E-state index in [1.807, 2.05) is 12.1 Å². The molecule has 1 aromatic rings. The summed E-state index contributed by atoms with van der Waals surface area (Å²) in [5, 5.41) is 9.80. The number of halogens is 1. The summed E-state index contributed by atoms with van der Waals surface area (Å²) >= 11 is 6.00. The highest BCUT2D eigenvalue weighted by atomic mass is 35.5. The van der Waals surface area contributed by atoms with Gasteiger partial charge in [-0.1, -0.05) is 23.7 Å². The van der Waals surface area contributed by atoms with E-state index in [0.717, 1.165) is 31.2 Å². The highest BCUT2D eigenvalue weighted by molar-refractivity contribution is 6.30. The van der Waals surface area contributed by atoms with Crippen LogP contribution in [-0.2, 0) is 16.1 Å². The molecule has 1 aliphatic heterocycles. The molecule has 1 heterocycles. The standard InChI is InChI=1S/C21H29ClN4O4/c1-24-15-23-20(30-18-5-2-3-6-18)25(13-16-7-9-17(22)10-8-16)14-19(28)26(21(24)29)11-4-12-27/h7-10,18,27H,2-6,11-15H2,1H3/b23-20+. The van der Waals surface area contributed by atoms with Gasteiger partial charge in [0.05, 0.1) is 0 Å². The number of rotatable bonds is 6. The van der Waals surface area contributed by atoms with E-state index in [9.17, 15) is 9.59 Å². The van der Waals surface area contributed by atoms with Crippen LogP contribution in [-0.4, -0.2) is 77.3 Å². The first-order chi connectivity index (χ1) is 14.5. The molecule has 0 unspecified atom stereocenters. The lowest BCUT2D eigenvalue weighted by atomic mass is 10.2. The van der Waals surface area contributed by atoms with E-state index < -0.39 is 6.03 Å². The molecule has 0 atom stereocenters. The highest BCUT2D eigenvalue weighted by Crippen LogP contribution is 2.23. The lowest BCUT2D eigenvalue weighted by molar-refractivity contribution is -0.129. The van der Waals surface area contributed by atoms with Crippen LogP contribution in [0.4, 0.5) is 4.79 Å². The molecule has 0 saturated heterocycles. The number of hydrogen-bond donors (Lipinski definition) is 1. The fourth-order valence-corrected chi connectivity index (χ4v) is 3.73. The monoisotopic (exact) mass is 436 g/mol. The second-order valence-electron chi connectivity index (χ2n) is 7.69. The Balaban J connectivity index is 1.87. The van der Waals surface area contributed by atoms with Crippen LogP contribution in [0.15, 0.2) is 29.3 Å². The van der Waals surface area contributed by atoms with Crippen molar-refractivity contribution in [3.63, 3.8) is 0 Å². The van der Waals surface area contributed by atoms with Gasteiger partial charge in [-0.3, -0.25) is 9.69 Å². The number of hydrogen-bond acceptors (Lipinski definition) is 6. The van der Waals surface area contributed by atoms with Crippen LogP contribution < -0.4 is 0 Å². The number of urea groups is 1. The van der Waals surface area contributed by atoms with E-state index in [0.29, 0.717) is 24.0 Å². The summed E-state index contributed by atoms with van der Waals surface area (Å²) in [6, 6.07) is 7.35. The van der Waals surface area contributed by atoms with Crippen molar-refractivity contribution in [3.8, 4) is 0 Å². The van der Waals surface area contributed by atoms with Crippen molar-refractivity contribution in [3.05, 3.63) is 34.9 Å². The van der Waals surface area contributed by atoms with Crippen molar-refractivity contribution < 1.29 is 19.4 Å². The normalized spacial score (nSPS) is 20.6. The molecule has 9 heteroatoms. The van der Waals surface area contributed by atoms with Crippen molar-refractivity contribution in [1.82, 2.24) is 14.7 Å². The molecule has 1 aromatic carbocycles. The first kappa shape index (κ1) is 22.4. The Bertz CT molecular complexity index is 765. The Morgan fingerprint density at radius 1 is 1.20 bits per heavy atom. The Kier molecular flexibility index (Phi) is 7.93. The van der Waals surface area contributed by atoms with Gasteiger partial charge in [0, 0.05) is 31.8 Å². The van der Waals surface area contributed by atoms with Gasteiger partial charge in [0.1, 0.15) is 19.3 Å². The van der Waals surface area contributed by atoms with Crippen molar-refractivity contribution >= 4 is 29.6 Å². The summed E-state index contributed by atoms with van der Waals surface area (Å²) in [5.41, 5.74) is 0.954. The van der Waals surface area contributed by atoms with Crippen LogP contribution in [0.25, 0.3) is 0 Å². The number of nitrogens with zero attached hydrogens (tertiary/aromatic N) is 4. The van der Waals surface area contributed by atoms with Gasteiger partial charge in [-0.25, -0.2) is 9.79 Å². The average Bonchev–Trinajstić information content (AvgIpc) is 3.25. The maximum Gasteiger partial charge on any atom is 0.327 e. The fourth-order valence-electron chi connectivity index (χ4n) is 3.61. The largest absolute Gasteiger partial charge is 0.462 e. The summed E-state index contributed by atoms with van der Waals surface area (Å²) < 4.78 is 6.20. The molecule has 0 spiro atoms. The van der Waals surface area contributed by atoms with Gasteiger partial charge in [0.2, 0.25) is 5.91 Å². The number of imide groups is 1. The summed E-state index contributed by atoms with van der Waals surface area (Å²) in [6.07, 6.45) is 4.54. The minimum atomic E-state index is -0.425. The van der Waals surface area contributed by atoms with Gasteiger partial charge in [-0.05, 0) is 49.8 Å². The number of aliphatic hydroxyl groups is 1. The van der Waals surface area contributed by atoms with Gasteiger partial charge in [-0.15, -0.1) is 0 Å². The number of benzene rings is 1. The van der Waals surface area contributed by atoms with Crippen LogP contribution >= 0.6 is 11.6 Å². The lowest BCUT2D eigenvalue weighted by Crippen LogP contribution is -2.48. The van der Waals surface area contributed by atoms with E-state index in [1.54, 1.807) is 24.1 Å². The Morgan fingerprint density at radius 3 is 2.57 bits per heavy atom. The van der Waals surface area contributed by atoms with Gasteiger partial charge < -0.3 is 19.6 Å². The summed E-state index contributed by atoms with van der Waals surface area (Å²) in [5.74, 6) is -0.348. The third kappa shape index (κ3) is 5.86. The molecule has 1 fully saturated rings. The van der Waals surface area contributed by atoms with E-state index in [4.69, 9.17) is 21.4 Å². The second kappa shape index (κ2) is 10.6. The second-order valence-corrected chi connectivity index (χ2v) is 8.13. The lowest BCUT2D eigenvalue weighted by Gasteiger charge is -2.28. The number of carbonyl (C=O) groups excluding carboxylic acids is 2. The van der Waals surface area contributed by atoms with Crippen LogP contribution in [0.2, 0.25) is 5.02 Å². The maximum absolute atomic E-state index is 13.0. The molecular formula is C21H29ClN4O4. The predicted octanol–water partition coefficient (Wildman–Crippen LogP) is 2.69. The number of aliphatic imine (C=N–C) groups is 1. The molecule has 3 rings (SSSR count). The van der Waals surface area contributed by atoms with Gasteiger partial charge in [-0.2, -0.15) is 0 Å². The summed E-state index contributed by atoms with van der Waals surface area (Å²) in [6.45, 7) is 0.508. The zero-order valence-electron chi connectivity index (χ0n) is 17.3. The quantitative estimate of drug-likeness (QED) is 0.741. The van der Waals surface area contributed by atoms with Crippen LogP contribution in [0.5, 0.6) is 0 Å². The first-order valence-electron chi connectivity index (χ1n) is 10.3. The van der Waals surface area contributed by atoms with E-state index in [1.165, 1.54) is 9.80 Å². The van der Waals surface area contributed by atoms with Crippen molar-refractivity contribution in [2.24, 2.45) is 4.99 Å². The number of amidine groups is 1. The minimum absolute atomic E-state index is 0.0425. The Hall–Kier alpha value is -2.32. The molecule has 164 valence electrons. The maximum atomic E-state index is 13.0. The molecule has 8 nitrogen and oxygen atoms in total. The smallest absolute Gasteiger partial charge is 0.327 e. The number of aliphatic hydroxyl groups excluding tert-OH is 1. The van der Waals surface area contributed by atoms with E-state index >= 15 is 0 Å². The predicted molar refractivity (Wildman–Crippen MR) is 114 cm³/mol. The van der Waals surface area contributed by atoms with E-state index in [2.05, 4.69) is 4.99 Å². The summed E-state index contributed by atoms with van der Waals surface area (Å²) in [7, 11) is 1.60. The summed E-state index contributed by atoms with van der Waals surface area (Å²) in [4.78, 5) is 34.7. The van der Waals surface area contributed by atoms with Gasteiger partial charge in [0.25, 0.3) is 6.02 Å². The molecule has 30 heavy (non-hydrogen) atoms. The molecular weight excluding hydrogens is 408 g/mol. The molecule has 0 aromatic heterocycles. The van der Waals surface area contributed by atoms with Crippen LogP contribution in [0.3, 0.4) is 0 Å². The van der Waals surface area contributed by atoms with Crippen LogP contribution in [0, 0.1) is 0 Å². The first-order valence-corrected chi connectivity index (χ1v) is 10.7. The average molecular weight is 437 g/mol. The molecule has 1 aliphatic carbocycles. The molecule has 0 radical (unpaired) electrons. The number of amides is 3. The number of ether oxygens (including phenoxy) is 1. The highest BCUT2D eigenvalue weighted by Gasteiger charge is 2.31. The zero-order chi connectivity index (χ0) is 21.5. The molecule has 2 aliphatic rings. The SMILES string of the molecule is CN1C/N=C(/OC2CCCC2)N(Cc2ccc(Cl)cc2)CC(=O)N(CCCO)C1=O. The minimum Gasteiger partial charge on any atom is -0.462 e. The van der Waals surface area contributed by atoms with Crippen molar-refractivity contribution in [2.75, 3.05) is 33.4 Å². The Morgan fingerprint density at radius 2 is 1.90 bits per heavy atom. The Labute approximate surface area is 182 Å². The van der Waals surface area contributed by atoms with Crippen LogP contribution in [0.1, 0.15) is 37.7 Å². The van der Waals surface area contributed by atoms with Crippen molar-refractivity contribution in [2.45, 2.75) is 44.8 Å². The third-order valence-corrected chi connectivity index (χ3v) is 5.53. The molecule has 0 bridgehead atoms. The fraction of sp³-hybridized carbons (Fsp3) is 0.571. The number of carbonyl (C=O) groups is 2. The van der Waals surface area contributed by atoms with Gasteiger partial charge >= 0.3 is 6.03 Å². The molecule has 1 N–H and O–H groups in total. The topological polar surface area (TPSA) is 85.7 Å². The third-order valence-electron chi connectivity index (χ3n) is 5.27. The molecule has 3 amide bonds. The molecule has 1 saturated carbocycles. The van der Waals surface area contributed by atoms with E-state index in [-0.39, 0.29) is 38.4 Å². The zero-order valence-corrected chi connectivity index (χ0v) is 18.1. The van der Waals surface area contributed by atoms with Gasteiger partial charge in [0.15, 0.2) is 0 Å².